The summed E-state index contributed by atoms with van der Waals surface area (Å²) in [5.74, 6) is -0.0611. The molecule has 182 valence electrons. The molecule has 0 aliphatic carbocycles. The maximum atomic E-state index is 11.4. The van der Waals surface area contributed by atoms with Gasteiger partial charge in [0.25, 0.3) is 0 Å². The zero-order chi connectivity index (χ0) is 25.5. The third-order valence-corrected chi connectivity index (χ3v) is 7.82. The van der Waals surface area contributed by atoms with Crippen LogP contribution >= 0.6 is 23.1 Å². The molecule has 1 N–H and O–H groups in total. The van der Waals surface area contributed by atoms with Crippen molar-refractivity contribution in [3.05, 3.63) is 101 Å². The molecule has 4 rings (SSSR count). The number of hydrogen-bond acceptors (Lipinski definition) is 6. The van der Waals surface area contributed by atoms with E-state index in [4.69, 9.17) is 6.57 Å². The predicted octanol–water partition coefficient (Wildman–Crippen LogP) is 6.96. The summed E-state index contributed by atoms with van der Waals surface area (Å²) in [5.41, 5.74) is 4.94. The first-order chi connectivity index (χ1) is 17.3. The van der Waals surface area contributed by atoms with E-state index in [2.05, 4.69) is 56.1 Å². The molecule has 2 aromatic carbocycles. The van der Waals surface area contributed by atoms with Crippen LogP contribution in [0.2, 0.25) is 0 Å². The zero-order valence-corrected chi connectivity index (χ0v) is 21.7. The summed E-state index contributed by atoms with van der Waals surface area (Å²) >= 11 is 2.74. The monoisotopic (exact) mass is 514 g/mol. The lowest BCUT2D eigenvalue weighted by molar-refractivity contribution is -0.138. The molecule has 8 heteroatoms. The van der Waals surface area contributed by atoms with Gasteiger partial charge in [0.2, 0.25) is 5.69 Å². The van der Waals surface area contributed by atoms with Gasteiger partial charge in [0.05, 0.1) is 12.3 Å². The molecule has 0 radical (unpaired) electrons. The SMILES string of the molecule is [C-]#[N+]c1ccc(N(CCc2csc(SC(C)(C)C(=O)O)n2)Cc2ccc(-c3ccccc3)cc2)nc1. The van der Waals surface area contributed by atoms with E-state index < -0.39 is 10.7 Å². The molecule has 2 heterocycles. The van der Waals surface area contributed by atoms with Gasteiger partial charge >= 0.3 is 5.97 Å². The third-order valence-electron chi connectivity index (χ3n) is 5.65. The maximum Gasteiger partial charge on any atom is 0.319 e. The lowest BCUT2D eigenvalue weighted by atomic mass is 10.0. The van der Waals surface area contributed by atoms with E-state index in [0.717, 1.165) is 21.4 Å². The normalized spacial score (nSPS) is 11.1. The maximum absolute atomic E-state index is 11.4. The molecule has 2 aromatic heterocycles. The van der Waals surface area contributed by atoms with Crippen LogP contribution in [0.25, 0.3) is 16.0 Å². The highest BCUT2D eigenvalue weighted by atomic mass is 32.2. The molecule has 0 spiro atoms. The van der Waals surface area contributed by atoms with E-state index >= 15 is 0 Å². The lowest BCUT2D eigenvalue weighted by Gasteiger charge is -2.24. The van der Waals surface area contributed by atoms with Crippen molar-refractivity contribution in [2.45, 2.75) is 35.9 Å². The molecule has 0 fully saturated rings. The second-order valence-corrected chi connectivity index (χ2v) is 11.5. The number of carbonyl (C=O) groups is 1. The minimum atomic E-state index is -0.929. The molecule has 0 bridgehead atoms. The van der Waals surface area contributed by atoms with E-state index in [0.29, 0.717) is 25.2 Å². The summed E-state index contributed by atoms with van der Waals surface area (Å²) in [4.78, 5) is 26.3. The van der Waals surface area contributed by atoms with Crippen LogP contribution in [0.15, 0.2) is 82.6 Å². The number of pyridine rings is 1. The van der Waals surface area contributed by atoms with Gasteiger partial charge in [-0.2, -0.15) is 0 Å². The van der Waals surface area contributed by atoms with Gasteiger partial charge in [0.1, 0.15) is 10.6 Å². The van der Waals surface area contributed by atoms with Crippen LogP contribution in [0.1, 0.15) is 25.1 Å². The van der Waals surface area contributed by atoms with Crippen molar-refractivity contribution in [3.63, 3.8) is 0 Å². The summed E-state index contributed by atoms with van der Waals surface area (Å²) in [6.45, 7) is 11.9. The van der Waals surface area contributed by atoms with Crippen LogP contribution in [0.4, 0.5) is 11.5 Å². The quantitative estimate of drug-likeness (QED) is 0.182. The lowest BCUT2D eigenvalue weighted by Crippen LogP contribution is -2.27. The first-order valence-corrected chi connectivity index (χ1v) is 13.1. The van der Waals surface area contributed by atoms with Gasteiger partial charge in [-0.05, 0) is 36.6 Å². The fourth-order valence-corrected chi connectivity index (χ4v) is 5.75. The number of rotatable bonds is 10. The van der Waals surface area contributed by atoms with Gasteiger partial charge in [-0.1, -0.05) is 72.4 Å². The zero-order valence-electron chi connectivity index (χ0n) is 20.1. The predicted molar refractivity (Wildman–Crippen MR) is 147 cm³/mol. The number of thioether (sulfide) groups is 1. The molecule has 6 nitrogen and oxygen atoms in total. The number of carboxylic acids is 1. The van der Waals surface area contributed by atoms with Crippen LogP contribution < -0.4 is 4.90 Å². The van der Waals surface area contributed by atoms with Gasteiger partial charge in [-0.25, -0.2) is 9.83 Å². The molecule has 4 aromatic rings. The number of hydrogen-bond donors (Lipinski definition) is 1. The smallest absolute Gasteiger partial charge is 0.319 e. The van der Waals surface area contributed by atoms with Crippen molar-refractivity contribution in [1.29, 1.82) is 0 Å². The Kier molecular flexibility index (Phi) is 8.04. The Morgan fingerprint density at radius 1 is 1.08 bits per heavy atom. The Morgan fingerprint density at radius 3 is 2.44 bits per heavy atom. The highest BCUT2D eigenvalue weighted by Gasteiger charge is 2.29. The van der Waals surface area contributed by atoms with E-state index in [1.165, 1.54) is 34.2 Å². The van der Waals surface area contributed by atoms with Gasteiger partial charge in [-0.15, -0.1) is 11.3 Å². The topological polar surface area (TPSA) is 70.7 Å². The number of thiazole rings is 1. The molecule has 36 heavy (non-hydrogen) atoms. The van der Waals surface area contributed by atoms with Crippen molar-refractivity contribution in [2.24, 2.45) is 0 Å². The number of aromatic nitrogens is 2. The second-order valence-electron chi connectivity index (χ2n) is 8.74. The third kappa shape index (κ3) is 6.51. The van der Waals surface area contributed by atoms with Crippen LogP contribution in [-0.2, 0) is 17.8 Å². The second kappa shape index (κ2) is 11.4. The fraction of sp³-hybridized carbons (Fsp3) is 0.214. The first kappa shape index (κ1) is 25.4. The Morgan fingerprint density at radius 2 is 1.81 bits per heavy atom. The number of carboxylic acid groups (broad SMARTS) is 1. The minimum Gasteiger partial charge on any atom is -0.480 e. The largest absolute Gasteiger partial charge is 0.480 e. The Labute approximate surface area is 219 Å². The molecule has 0 saturated carbocycles. The van der Waals surface area contributed by atoms with Crippen LogP contribution in [0, 0.1) is 6.57 Å². The summed E-state index contributed by atoms with van der Waals surface area (Å²) in [5, 5.41) is 11.4. The van der Waals surface area contributed by atoms with Crippen molar-refractivity contribution in [1.82, 2.24) is 9.97 Å². The number of anilines is 1. The van der Waals surface area contributed by atoms with Gasteiger partial charge in [0.15, 0.2) is 4.34 Å². The van der Waals surface area contributed by atoms with E-state index in [9.17, 15) is 9.90 Å². The average molecular weight is 515 g/mol. The van der Waals surface area contributed by atoms with Crippen molar-refractivity contribution < 1.29 is 9.90 Å². The summed E-state index contributed by atoms with van der Waals surface area (Å²) in [6, 6.07) is 22.5. The van der Waals surface area contributed by atoms with Crippen molar-refractivity contribution in [3.8, 4) is 11.1 Å². The Hall–Kier alpha value is -3.67. The van der Waals surface area contributed by atoms with E-state index in [-0.39, 0.29) is 0 Å². The Balaban J connectivity index is 1.49. The van der Waals surface area contributed by atoms with Gasteiger partial charge < -0.3 is 10.0 Å². The van der Waals surface area contributed by atoms with E-state index in [1.54, 1.807) is 26.1 Å². The van der Waals surface area contributed by atoms with Crippen molar-refractivity contribution in [2.75, 3.05) is 11.4 Å². The summed E-state index contributed by atoms with van der Waals surface area (Å²) in [7, 11) is 0. The highest BCUT2D eigenvalue weighted by molar-refractivity contribution is 8.03. The van der Waals surface area contributed by atoms with Gasteiger partial charge in [-0.3, -0.25) is 9.78 Å². The van der Waals surface area contributed by atoms with E-state index in [1.807, 2.05) is 29.6 Å². The summed E-state index contributed by atoms with van der Waals surface area (Å²) < 4.78 is -0.179. The first-order valence-electron chi connectivity index (χ1n) is 11.4. The number of benzene rings is 2. The van der Waals surface area contributed by atoms with Crippen LogP contribution in [0.5, 0.6) is 0 Å². The molecule has 0 saturated heterocycles. The Bertz CT molecular complexity index is 1350. The molecular weight excluding hydrogens is 488 g/mol. The highest BCUT2D eigenvalue weighted by Crippen LogP contribution is 2.35. The average Bonchev–Trinajstić information content (AvgIpc) is 3.34. The van der Waals surface area contributed by atoms with Crippen LogP contribution in [-0.4, -0.2) is 32.3 Å². The standard InChI is InChI=1S/C28H26N4O2S2/c1-28(2,26(33)34)36-27-31-24(19-35-27)15-16-32(25-14-13-23(29-3)17-30-25)18-20-9-11-22(12-10-20)21-7-5-4-6-8-21/h4-14,17,19H,15-16,18H2,1-2H3,(H,33,34). The van der Waals surface area contributed by atoms with Gasteiger partial charge in [0, 0.05) is 31.1 Å². The summed E-state index contributed by atoms with van der Waals surface area (Å²) in [6.07, 6.45) is 2.29. The molecule has 0 aliphatic heterocycles. The minimum absolute atomic E-state index is 0.508. The molecule has 0 atom stereocenters. The fourth-order valence-electron chi connectivity index (χ4n) is 3.52. The van der Waals surface area contributed by atoms with Crippen LogP contribution in [0.3, 0.4) is 0 Å². The number of nitrogens with zero attached hydrogens (tertiary/aromatic N) is 4. The molecule has 0 aliphatic rings. The van der Waals surface area contributed by atoms with Crippen molar-refractivity contribution >= 4 is 40.6 Å². The molecule has 0 unspecified atom stereocenters. The number of aliphatic carboxylic acids is 1. The molecular formula is C28H26N4O2S2. The molecule has 0 amide bonds.